The van der Waals surface area contributed by atoms with Crippen LogP contribution >= 0.6 is 0 Å². The Labute approximate surface area is 183 Å². The van der Waals surface area contributed by atoms with Gasteiger partial charge in [-0.3, -0.25) is 4.79 Å². The molecule has 0 fully saturated rings. The number of aromatic nitrogens is 1. The summed E-state index contributed by atoms with van der Waals surface area (Å²) in [5.41, 5.74) is 2.01. The molecule has 0 atom stereocenters. The summed E-state index contributed by atoms with van der Waals surface area (Å²) in [6.45, 7) is 4.99. The Morgan fingerprint density at radius 3 is 2.42 bits per heavy atom. The molecule has 7 nitrogen and oxygen atoms in total. The molecule has 2 aromatic heterocycles. The molecule has 3 amide bonds. The van der Waals surface area contributed by atoms with Crippen LogP contribution in [0.5, 0.6) is 0 Å². The summed E-state index contributed by atoms with van der Waals surface area (Å²) < 4.78 is 7.44. The van der Waals surface area contributed by atoms with Gasteiger partial charge in [0.1, 0.15) is 12.3 Å². The molecular weight excluding hydrogens is 392 g/mol. The molecule has 0 unspecified atom stereocenters. The molecule has 0 aliphatic heterocycles. The summed E-state index contributed by atoms with van der Waals surface area (Å²) in [4.78, 5) is 29.4. The number of nitrogens with zero attached hydrogens (tertiary/aromatic N) is 3. The minimum atomic E-state index is -0.260. The van der Waals surface area contributed by atoms with Gasteiger partial charge in [0.25, 0.3) is 0 Å². The largest absolute Gasteiger partial charge is 0.467 e. The summed E-state index contributed by atoms with van der Waals surface area (Å²) in [6, 6.07) is 16.9. The second-order valence-electron chi connectivity index (χ2n) is 7.81. The van der Waals surface area contributed by atoms with Crippen molar-refractivity contribution in [3.05, 3.63) is 84.1 Å². The number of rotatable bonds is 9. The number of carbonyl (C=O) groups is 2. The van der Waals surface area contributed by atoms with Gasteiger partial charge in [-0.15, -0.1) is 0 Å². The minimum absolute atomic E-state index is 0.0105. The molecule has 0 saturated carbocycles. The first-order valence-electron chi connectivity index (χ1n) is 10.4. The Morgan fingerprint density at radius 2 is 1.81 bits per heavy atom. The number of urea groups is 1. The molecule has 0 aliphatic carbocycles. The van der Waals surface area contributed by atoms with Gasteiger partial charge in [0.2, 0.25) is 5.91 Å². The number of benzene rings is 1. The molecule has 0 spiro atoms. The first kappa shape index (κ1) is 22.2. The standard InChI is InChI=1S/C24H30N4O3/c1-19(2)28(24(30)25-15-20-9-5-4-6-10-20)18-23(29)27(17-22-12-8-14-31-22)16-21-11-7-13-26(21)3/h4-14,19H,15-18H2,1-3H3,(H,25,30). The molecule has 0 aliphatic rings. The van der Waals surface area contributed by atoms with Crippen LogP contribution in [0.15, 0.2) is 71.5 Å². The van der Waals surface area contributed by atoms with Gasteiger partial charge in [0.05, 0.1) is 19.4 Å². The van der Waals surface area contributed by atoms with E-state index in [0.29, 0.717) is 25.4 Å². The van der Waals surface area contributed by atoms with Crippen LogP contribution in [0, 0.1) is 0 Å². The number of carbonyl (C=O) groups excluding carboxylic acids is 2. The molecule has 0 saturated heterocycles. The van der Waals surface area contributed by atoms with Crippen molar-refractivity contribution in [2.24, 2.45) is 7.05 Å². The van der Waals surface area contributed by atoms with Gasteiger partial charge in [0, 0.05) is 31.5 Å². The van der Waals surface area contributed by atoms with E-state index < -0.39 is 0 Å². The van der Waals surface area contributed by atoms with Gasteiger partial charge in [0.15, 0.2) is 0 Å². The van der Waals surface area contributed by atoms with Gasteiger partial charge in [-0.05, 0) is 43.7 Å². The summed E-state index contributed by atoms with van der Waals surface area (Å²) in [5, 5.41) is 2.92. The minimum Gasteiger partial charge on any atom is -0.467 e. The predicted octanol–water partition coefficient (Wildman–Crippen LogP) is 3.77. The molecule has 1 N–H and O–H groups in total. The van der Waals surface area contributed by atoms with Crippen LogP contribution in [-0.4, -0.2) is 38.9 Å². The van der Waals surface area contributed by atoms with E-state index in [2.05, 4.69) is 5.32 Å². The average Bonchev–Trinajstić information content (AvgIpc) is 3.42. The van der Waals surface area contributed by atoms with E-state index >= 15 is 0 Å². The lowest BCUT2D eigenvalue weighted by Gasteiger charge is -2.30. The number of aryl methyl sites for hydroxylation is 1. The predicted molar refractivity (Wildman–Crippen MR) is 119 cm³/mol. The van der Waals surface area contributed by atoms with Crippen molar-refractivity contribution in [2.45, 2.75) is 39.5 Å². The lowest BCUT2D eigenvalue weighted by Crippen LogP contribution is -2.49. The normalized spacial score (nSPS) is 10.8. The quantitative estimate of drug-likeness (QED) is 0.571. The van der Waals surface area contributed by atoms with E-state index in [1.807, 2.05) is 80.2 Å². The summed E-state index contributed by atoms with van der Waals surface area (Å²) in [5.74, 6) is 0.563. The van der Waals surface area contributed by atoms with Crippen LogP contribution < -0.4 is 5.32 Å². The molecule has 3 aromatic rings. The van der Waals surface area contributed by atoms with Crippen molar-refractivity contribution in [1.82, 2.24) is 19.7 Å². The fourth-order valence-electron chi connectivity index (χ4n) is 3.29. The molecule has 0 bridgehead atoms. The third-order valence-electron chi connectivity index (χ3n) is 5.16. The fraction of sp³-hybridized carbons (Fsp3) is 0.333. The lowest BCUT2D eigenvalue weighted by molar-refractivity contribution is -0.133. The van der Waals surface area contributed by atoms with E-state index in [4.69, 9.17) is 4.42 Å². The maximum Gasteiger partial charge on any atom is 0.318 e. The van der Waals surface area contributed by atoms with Gasteiger partial charge >= 0.3 is 6.03 Å². The van der Waals surface area contributed by atoms with E-state index in [-0.39, 0.29) is 24.5 Å². The zero-order valence-corrected chi connectivity index (χ0v) is 18.3. The van der Waals surface area contributed by atoms with Crippen LogP contribution in [0.25, 0.3) is 0 Å². The third-order valence-corrected chi connectivity index (χ3v) is 5.16. The fourth-order valence-corrected chi connectivity index (χ4v) is 3.29. The number of amides is 3. The van der Waals surface area contributed by atoms with Crippen molar-refractivity contribution in [3.63, 3.8) is 0 Å². The Hall–Kier alpha value is -3.48. The van der Waals surface area contributed by atoms with Crippen LogP contribution in [0.3, 0.4) is 0 Å². The average molecular weight is 423 g/mol. The first-order valence-corrected chi connectivity index (χ1v) is 10.4. The van der Waals surface area contributed by atoms with Crippen LogP contribution in [0.1, 0.15) is 30.9 Å². The first-order chi connectivity index (χ1) is 14.9. The highest BCUT2D eigenvalue weighted by molar-refractivity contribution is 5.84. The van der Waals surface area contributed by atoms with Gasteiger partial charge in [-0.2, -0.15) is 0 Å². The maximum atomic E-state index is 13.3. The van der Waals surface area contributed by atoms with Gasteiger partial charge < -0.3 is 24.1 Å². The summed E-state index contributed by atoms with van der Waals surface area (Å²) >= 11 is 0. The van der Waals surface area contributed by atoms with Gasteiger partial charge in [-0.1, -0.05) is 30.3 Å². The van der Waals surface area contributed by atoms with E-state index in [1.165, 1.54) is 0 Å². The van der Waals surface area contributed by atoms with Crippen molar-refractivity contribution in [1.29, 1.82) is 0 Å². The zero-order chi connectivity index (χ0) is 22.2. The molecule has 164 valence electrons. The highest BCUT2D eigenvalue weighted by Gasteiger charge is 2.24. The molecule has 31 heavy (non-hydrogen) atoms. The van der Waals surface area contributed by atoms with Crippen molar-refractivity contribution >= 4 is 11.9 Å². The number of hydrogen-bond donors (Lipinski definition) is 1. The highest BCUT2D eigenvalue weighted by Crippen LogP contribution is 2.13. The Morgan fingerprint density at radius 1 is 1.03 bits per heavy atom. The lowest BCUT2D eigenvalue weighted by atomic mass is 10.2. The topological polar surface area (TPSA) is 70.7 Å². The van der Waals surface area contributed by atoms with Gasteiger partial charge in [-0.25, -0.2) is 4.79 Å². The van der Waals surface area contributed by atoms with Crippen LogP contribution in [0.2, 0.25) is 0 Å². The summed E-state index contributed by atoms with van der Waals surface area (Å²) in [7, 11) is 1.95. The Bertz CT molecular complexity index is 964. The monoisotopic (exact) mass is 422 g/mol. The molecular formula is C24H30N4O3. The van der Waals surface area contributed by atoms with E-state index in [0.717, 1.165) is 11.3 Å². The number of furan rings is 1. The second-order valence-corrected chi connectivity index (χ2v) is 7.81. The van der Waals surface area contributed by atoms with Crippen LogP contribution in [0.4, 0.5) is 4.79 Å². The van der Waals surface area contributed by atoms with Crippen molar-refractivity contribution < 1.29 is 14.0 Å². The van der Waals surface area contributed by atoms with E-state index in [9.17, 15) is 9.59 Å². The molecule has 1 aromatic carbocycles. The zero-order valence-electron chi connectivity index (χ0n) is 18.3. The highest BCUT2D eigenvalue weighted by atomic mass is 16.3. The van der Waals surface area contributed by atoms with E-state index in [1.54, 1.807) is 22.1 Å². The van der Waals surface area contributed by atoms with Crippen molar-refractivity contribution in [3.8, 4) is 0 Å². The summed E-state index contributed by atoms with van der Waals surface area (Å²) in [6.07, 6.45) is 3.54. The third kappa shape index (κ3) is 6.25. The molecule has 2 heterocycles. The Kier molecular flexibility index (Phi) is 7.54. The smallest absolute Gasteiger partial charge is 0.318 e. The van der Waals surface area contributed by atoms with Crippen LogP contribution in [-0.2, 0) is 31.5 Å². The van der Waals surface area contributed by atoms with Crippen molar-refractivity contribution in [2.75, 3.05) is 6.54 Å². The number of hydrogen-bond acceptors (Lipinski definition) is 3. The second kappa shape index (κ2) is 10.5. The maximum absolute atomic E-state index is 13.3. The molecule has 0 radical (unpaired) electrons. The molecule has 7 heteroatoms. The SMILES string of the molecule is CC(C)N(CC(=O)N(Cc1ccco1)Cc1cccn1C)C(=O)NCc1ccccc1. The number of nitrogens with one attached hydrogen (secondary N) is 1. The molecule has 3 rings (SSSR count). The Balaban J connectivity index is 1.68.